The van der Waals surface area contributed by atoms with E-state index >= 15 is 0 Å². The number of alkyl halides is 6. The number of allylic oxidation sites excluding steroid dienone is 4. The zero-order valence-corrected chi connectivity index (χ0v) is 84.9. The summed E-state index contributed by atoms with van der Waals surface area (Å²) >= 11 is 0. The molecule has 0 radical (unpaired) electrons. The summed E-state index contributed by atoms with van der Waals surface area (Å²) < 4.78 is 137. The Morgan fingerprint density at radius 3 is 1.39 bits per heavy atom. The van der Waals surface area contributed by atoms with Gasteiger partial charge in [0, 0.05) is 167 Å². The summed E-state index contributed by atoms with van der Waals surface area (Å²) in [4.78, 5) is 3.44. The molecule has 4 N–H and O–H groups in total. The molecule has 142 heavy (non-hydrogen) atoms. The maximum absolute atomic E-state index is 13.9. The van der Waals surface area contributed by atoms with Gasteiger partial charge in [0.2, 0.25) is 0 Å². The predicted molar refractivity (Wildman–Crippen MR) is 518 cm³/mol. The minimum absolute atomic E-state index is 0. The summed E-state index contributed by atoms with van der Waals surface area (Å²) in [6.45, 7) is 18.3. The zero-order chi connectivity index (χ0) is 98.4. The van der Waals surface area contributed by atoms with Gasteiger partial charge in [0.05, 0.1) is 40.3 Å². The maximum atomic E-state index is 13.9. The monoisotopic (exact) mass is 2620 g/mol. The van der Waals surface area contributed by atoms with Crippen molar-refractivity contribution in [2.45, 2.75) is 75.6 Å². The average molecular weight is 2620 g/mol. The zero-order valence-electron chi connectivity index (χ0n) is 75.8. The third-order valence-electron chi connectivity index (χ3n) is 21.8. The second-order valence-corrected chi connectivity index (χ2v) is 32.1. The summed E-state index contributed by atoms with van der Waals surface area (Å²) in [5.74, 6) is -3.16. The fraction of sp³-hybridized carbons (Fsp3) is 0.109. The molecule has 16 aromatic rings. The number of hydrogen-bond acceptors (Lipinski definition) is 9. The Bertz CT molecular complexity index is 7110. The molecular formula is C110H80F10N18Pt4-12. The molecule has 0 aliphatic heterocycles. The number of benzene rings is 12. The number of hydrogen-bond donors (Lipinski definition) is 4. The van der Waals surface area contributed by atoms with Gasteiger partial charge in [0.1, 0.15) is 6.07 Å². The van der Waals surface area contributed by atoms with Gasteiger partial charge < -0.3 is 42.9 Å². The Hall–Kier alpha value is -14.6. The number of para-hydroxylation sites is 4. The van der Waals surface area contributed by atoms with Crippen LogP contribution < -0.4 is 21.3 Å². The van der Waals surface area contributed by atoms with Crippen LogP contribution in [0.25, 0.3) is 65.9 Å². The second kappa shape index (κ2) is 50.0. The Morgan fingerprint density at radius 2 is 0.880 bits per heavy atom. The van der Waals surface area contributed by atoms with Crippen molar-refractivity contribution in [1.29, 1.82) is 5.26 Å². The van der Waals surface area contributed by atoms with E-state index in [9.17, 15) is 70.8 Å². The first-order valence-electron chi connectivity index (χ1n) is 42.4. The summed E-state index contributed by atoms with van der Waals surface area (Å²) in [7, 11) is 0. The molecule has 0 unspecified atom stereocenters. The van der Waals surface area contributed by atoms with E-state index in [0.717, 1.165) is 76.2 Å². The quantitative estimate of drug-likeness (QED) is 0.0207. The minimum Gasteiger partial charge on any atom is -0.817 e. The number of rotatable bonds is 28. The van der Waals surface area contributed by atoms with Gasteiger partial charge in [-0.1, -0.05) is 203 Å². The van der Waals surface area contributed by atoms with E-state index in [1.54, 1.807) is 124 Å². The Kier molecular flexibility index (Phi) is 39.0. The van der Waals surface area contributed by atoms with Crippen molar-refractivity contribution in [1.82, 2.24) is 39.1 Å². The third-order valence-corrected chi connectivity index (χ3v) is 21.8. The fourth-order valence-electron chi connectivity index (χ4n) is 14.3. The summed E-state index contributed by atoms with van der Waals surface area (Å²) in [6, 6.07) is 105. The van der Waals surface area contributed by atoms with Gasteiger partial charge in [0.25, 0.3) is 0 Å². The first kappa shape index (κ1) is 111. The van der Waals surface area contributed by atoms with E-state index in [2.05, 4.69) is 108 Å². The molecule has 0 aliphatic carbocycles. The molecule has 0 amide bonds. The van der Waals surface area contributed by atoms with Gasteiger partial charge in [-0.15, -0.1) is 60.7 Å². The van der Waals surface area contributed by atoms with Gasteiger partial charge in [-0.2, -0.15) is 220 Å². The van der Waals surface area contributed by atoms with Crippen molar-refractivity contribution < 1.29 is 128 Å². The summed E-state index contributed by atoms with van der Waals surface area (Å²) in [6.07, 6.45) is 6.17. The number of nitriles is 1. The van der Waals surface area contributed by atoms with Crippen molar-refractivity contribution in [3.63, 3.8) is 0 Å². The number of anilines is 4. The smallest absolute Gasteiger partial charge is 0.370 e. The molecule has 0 atom stereocenters. The topological polar surface area (TPSA) is 237 Å². The standard InChI is InChI=1S/C33H21F6N4.C33H27N4.C23H17N6.C21H15F4N4.4Pt/c34-32(35,36)25-11-15-27(16-12-25)41-21-19-29(40)31(23-7-3-1-4-8-23,24-9-5-2-6-10-24)30-20-22-43(42-30)28-17-13-26(14-18-28)33(37,38)39;1-33(2,31(34)29(25-15-7-3-8-16-25)23-35-27-19-11-5-12-20-27)32-30(26-17-9-4-10-18-26)24-37(36-32)28-21-13-6-14-22-28;1-23(2,21(25)20(26-3)15-27-18-10-6-4-7-11-18)22-17(14-24)16-29(28-22)19-12-8-5-9-13-19;1-21(2,19(26)7-9-27-17-5-3-13(22)11-15(17)24)20-8-10-29(28-20)18-6-4-14(23)12-16(18)25;;;;/h1-15,17,19-22,41H;3-19,21,23-24,35H,1-2H3;4-10,12,15-16,27H,1-2H3;3-4,7-12,27H,1-2H3;;;;/q4*-3;;;;/b21-19-;29-23-;;9-7-;;;;. The van der Waals surface area contributed by atoms with Crippen molar-refractivity contribution in [2.75, 3.05) is 21.3 Å². The molecule has 0 saturated carbocycles. The molecule has 12 aromatic carbocycles. The van der Waals surface area contributed by atoms with Crippen molar-refractivity contribution in [3.05, 3.63) is 520 Å². The van der Waals surface area contributed by atoms with E-state index in [0.29, 0.717) is 56.8 Å². The van der Waals surface area contributed by atoms with Crippen LogP contribution in [0.1, 0.15) is 97.7 Å². The second-order valence-electron chi connectivity index (χ2n) is 32.1. The largest absolute Gasteiger partial charge is 0.817 e. The van der Waals surface area contributed by atoms with E-state index in [-0.39, 0.29) is 136 Å². The number of halogens is 10. The molecule has 0 saturated heterocycles. The molecular weight excluding hydrogens is 2540 g/mol. The van der Waals surface area contributed by atoms with E-state index in [1.807, 2.05) is 170 Å². The van der Waals surface area contributed by atoms with Gasteiger partial charge in [-0.05, 0) is 80.8 Å². The van der Waals surface area contributed by atoms with E-state index < -0.39 is 68.4 Å². The van der Waals surface area contributed by atoms with Crippen LogP contribution in [0.3, 0.4) is 0 Å². The van der Waals surface area contributed by atoms with Gasteiger partial charge in [0.15, 0.2) is 5.70 Å². The molecule has 732 valence electrons. The van der Waals surface area contributed by atoms with Crippen LogP contribution in [0.4, 0.5) is 66.7 Å². The van der Waals surface area contributed by atoms with E-state index in [1.165, 1.54) is 58.4 Å². The molecule has 4 aromatic heterocycles. The van der Waals surface area contributed by atoms with Crippen LogP contribution >= 0.6 is 0 Å². The molecule has 4 heterocycles. The van der Waals surface area contributed by atoms with Gasteiger partial charge >= 0.3 is 12.4 Å². The molecule has 18 nitrogen and oxygen atoms in total. The molecule has 32 heteroatoms. The van der Waals surface area contributed by atoms with Gasteiger partial charge in [-0.3, -0.25) is 36.3 Å². The van der Waals surface area contributed by atoms with Crippen LogP contribution in [0.5, 0.6) is 0 Å². The van der Waals surface area contributed by atoms with Crippen LogP contribution in [0.15, 0.2) is 359 Å². The van der Waals surface area contributed by atoms with E-state index in [4.69, 9.17) is 11.7 Å². The Balaban J connectivity index is 0.000000212. The van der Waals surface area contributed by atoms with Crippen molar-refractivity contribution >= 4 is 51.2 Å². The maximum Gasteiger partial charge on any atom is 0.370 e. The molecule has 16 rings (SSSR count). The molecule has 0 bridgehead atoms. The number of aromatic nitrogens is 8. The average Bonchev–Trinajstić information content (AvgIpc) is 1.43. The number of nitrogens with zero attached hydrogens (tertiary/aromatic N) is 14. The Labute approximate surface area is 873 Å². The SMILES string of the molecule is CC(C)(C(=[N-])/C(=C\Nc1[c-]cccc1)c1ccccc1)c1nn(-c2[c-]cccc2)cc1-c1ccccc1.CC(C)(C(=[N-])/C=C\Nc1[c-]cc(F)cc1F)c1ccn(-c2[c-]cc(F)cc2F)n1.[C-]#[N+]C(=CNc1[c-]cccc1)C(=[N-])C(C)(C)c1nn(-c2[c-]cccc2)cc1C#N.[N-]=C(/C=C\Nc1[c-]cc(C(F)(F)F)cc1)C(c1ccccc1)(c1ccccc1)c1ccn(-c2[c-]cc(C(F)(F)F)cc2)n1.[Pt].[Pt].[Pt].[Pt]. The normalized spacial score (nSPS) is 11.6. The first-order chi connectivity index (χ1) is 66.2. The summed E-state index contributed by atoms with van der Waals surface area (Å²) in [5.41, 5.74) is 4.15. The number of nitrogens with one attached hydrogen (secondary N) is 4. The van der Waals surface area contributed by atoms with Crippen molar-refractivity contribution in [3.8, 4) is 39.9 Å². The molecule has 0 spiro atoms. The van der Waals surface area contributed by atoms with Crippen LogP contribution in [-0.2, 0) is 118 Å². The minimum atomic E-state index is -4.51. The molecule has 0 fully saturated rings. The summed E-state index contributed by atoms with van der Waals surface area (Å²) in [5, 5.41) is 84.7. The van der Waals surface area contributed by atoms with Crippen LogP contribution in [0.2, 0.25) is 0 Å². The molecule has 0 aliphatic rings. The third kappa shape index (κ3) is 27.1. The van der Waals surface area contributed by atoms with Crippen LogP contribution in [-0.4, -0.2) is 62.0 Å². The fourth-order valence-corrected chi connectivity index (χ4v) is 14.3. The predicted octanol–water partition coefficient (Wildman–Crippen LogP) is 25.5. The van der Waals surface area contributed by atoms with Crippen LogP contribution in [0, 0.1) is 89.7 Å². The van der Waals surface area contributed by atoms with Gasteiger partial charge in [-0.25, -0.2) is 4.85 Å². The van der Waals surface area contributed by atoms with Crippen molar-refractivity contribution in [2.24, 2.45) is 0 Å². The Morgan fingerprint density at radius 1 is 0.415 bits per heavy atom. The first-order valence-corrected chi connectivity index (χ1v) is 42.4.